The van der Waals surface area contributed by atoms with Gasteiger partial charge in [-0.3, -0.25) is 0 Å². The summed E-state index contributed by atoms with van der Waals surface area (Å²) in [5, 5.41) is 4.01. The molecule has 0 bridgehead atoms. The second-order valence-corrected chi connectivity index (χ2v) is 14.9. The molecule has 0 spiro atoms. The van der Waals surface area contributed by atoms with Crippen LogP contribution in [-0.2, 0) is 4.57 Å². The van der Waals surface area contributed by atoms with E-state index in [1.54, 1.807) is 6.07 Å². The van der Waals surface area contributed by atoms with Crippen molar-refractivity contribution in [3.8, 4) is 5.75 Å². The molecular weight excluding hydrogens is 690 g/mol. The van der Waals surface area contributed by atoms with Crippen LogP contribution < -0.4 is 4.52 Å². The number of hydrogen-bond donors (Lipinski definition) is 0. The topological polar surface area (TPSA) is 26.3 Å². The van der Waals surface area contributed by atoms with E-state index in [0.29, 0.717) is 10.2 Å². The van der Waals surface area contributed by atoms with E-state index in [1.807, 2.05) is 54.6 Å². The van der Waals surface area contributed by atoms with Crippen molar-refractivity contribution < 1.29 is 9.09 Å². The number of halogens is 5. The summed E-state index contributed by atoms with van der Waals surface area (Å²) in [5.74, 6) is -3.15. The maximum absolute atomic E-state index is 13.1. The zero-order valence-corrected chi connectivity index (χ0v) is 23.1. The van der Waals surface area contributed by atoms with Crippen LogP contribution in [0.15, 0.2) is 83.5 Å². The fourth-order valence-electron chi connectivity index (χ4n) is 2.94. The van der Waals surface area contributed by atoms with Crippen LogP contribution in [0.2, 0.25) is 0 Å². The fraction of sp³-hybridized carbons (Fsp3) is 0. The van der Waals surface area contributed by atoms with Gasteiger partial charge in [-0.25, -0.2) is 4.57 Å². The molecule has 0 fully saturated rings. The minimum Gasteiger partial charge on any atom is -0.424 e. The minimum absolute atomic E-state index is 0.424. The Balaban J connectivity index is 1.70. The highest BCUT2D eigenvalue weighted by atomic mass is 79.9. The molecule has 0 aliphatic carbocycles. The molecule has 0 heterocycles. The number of benzene rings is 4. The van der Waals surface area contributed by atoms with Crippen molar-refractivity contribution in [3.63, 3.8) is 0 Å². The predicted molar refractivity (Wildman–Crippen MR) is 139 cm³/mol. The molecular formula is C20H10Br4ClO2PS. The first-order chi connectivity index (χ1) is 13.8. The molecule has 4 rings (SSSR count). The molecule has 0 radical (unpaired) electrons. The molecule has 0 aliphatic rings. The maximum atomic E-state index is 13.1. The second-order valence-electron chi connectivity index (χ2n) is 6.04. The second kappa shape index (κ2) is 8.85. The molecule has 0 saturated heterocycles. The third-order valence-electron chi connectivity index (χ3n) is 4.21. The lowest BCUT2D eigenvalue weighted by Crippen LogP contribution is -1.88. The van der Waals surface area contributed by atoms with Crippen molar-refractivity contribution in [3.05, 3.63) is 78.6 Å². The van der Waals surface area contributed by atoms with E-state index in [1.165, 1.54) is 0 Å². The Hall–Kier alpha value is -0.0100. The van der Waals surface area contributed by atoms with Crippen molar-refractivity contribution in [1.29, 1.82) is 0 Å². The first-order valence-electron chi connectivity index (χ1n) is 8.19. The zero-order valence-electron chi connectivity index (χ0n) is 14.3. The Labute approximate surface area is 210 Å². The Morgan fingerprint density at radius 2 is 1.31 bits per heavy atom. The average molecular weight is 700 g/mol. The monoisotopic (exact) mass is 696 g/mol. The molecule has 0 saturated carbocycles. The molecule has 0 aromatic heterocycles. The van der Waals surface area contributed by atoms with Gasteiger partial charge in [0.15, 0.2) is 0 Å². The van der Waals surface area contributed by atoms with Gasteiger partial charge in [0.2, 0.25) is 0 Å². The first kappa shape index (κ1) is 22.2. The molecule has 1 atom stereocenters. The van der Waals surface area contributed by atoms with Crippen LogP contribution in [0, 0.1) is 0 Å². The quantitative estimate of drug-likeness (QED) is 0.198. The van der Waals surface area contributed by atoms with E-state index < -0.39 is 5.92 Å². The van der Waals surface area contributed by atoms with Crippen LogP contribution in [0.5, 0.6) is 5.75 Å². The third-order valence-corrected chi connectivity index (χ3v) is 10.9. The molecule has 9 heteroatoms. The normalized spacial score (nSPS) is 13.6. The van der Waals surface area contributed by atoms with Gasteiger partial charge < -0.3 is 4.52 Å². The van der Waals surface area contributed by atoms with Gasteiger partial charge in [-0.2, -0.15) is 0 Å². The lowest BCUT2D eigenvalue weighted by molar-refractivity contribution is 0.513. The SMILES string of the molecule is O=P(Cl)(Oc1ccc2cccc(Br)c2c1Br)Sc1ccc2cccc(Br)c2c1Br. The standard InChI is InChI=1S/C20H10Br4ClO2PS/c21-13-5-1-3-11-7-9-15(19(23)17(11)13)27-28(25,26)29-16-10-8-12-4-2-6-14(22)18(12)20(16)24/h1-10H. The fourth-order valence-corrected chi connectivity index (χ4v) is 9.98. The van der Waals surface area contributed by atoms with Crippen molar-refractivity contribution in [2.24, 2.45) is 0 Å². The van der Waals surface area contributed by atoms with E-state index in [9.17, 15) is 4.57 Å². The van der Waals surface area contributed by atoms with E-state index in [-0.39, 0.29) is 0 Å². The largest absolute Gasteiger partial charge is 0.424 e. The summed E-state index contributed by atoms with van der Waals surface area (Å²) in [6.07, 6.45) is 0. The summed E-state index contributed by atoms with van der Waals surface area (Å²) < 4.78 is 22.3. The predicted octanol–water partition coefficient (Wildman–Crippen LogP) is 10.6. The summed E-state index contributed by atoms with van der Waals surface area (Å²) in [6.45, 7) is 0. The van der Waals surface area contributed by atoms with Gasteiger partial charge in [-0.05, 0) is 89.5 Å². The van der Waals surface area contributed by atoms with Gasteiger partial charge in [0.05, 0.1) is 4.47 Å². The van der Waals surface area contributed by atoms with Gasteiger partial charge >= 0.3 is 5.92 Å². The Kier molecular flexibility index (Phi) is 6.78. The van der Waals surface area contributed by atoms with Crippen LogP contribution in [-0.4, -0.2) is 0 Å². The van der Waals surface area contributed by atoms with Crippen molar-refractivity contribution in [1.82, 2.24) is 0 Å². The van der Waals surface area contributed by atoms with Gasteiger partial charge in [-0.1, -0.05) is 68.3 Å². The van der Waals surface area contributed by atoms with E-state index >= 15 is 0 Å². The highest BCUT2D eigenvalue weighted by Gasteiger charge is 2.27. The average Bonchev–Trinajstić information content (AvgIpc) is 2.66. The lowest BCUT2D eigenvalue weighted by Gasteiger charge is -2.16. The van der Waals surface area contributed by atoms with Crippen LogP contribution in [0.3, 0.4) is 0 Å². The number of fused-ring (bicyclic) bond motifs is 2. The van der Waals surface area contributed by atoms with Crippen molar-refractivity contribution in [2.45, 2.75) is 4.90 Å². The summed E-state index contributed by atoms with van der Waals surface area (Å²) in [5.41, 5.74) is 0. The smallest absolute Gasteiger partial charge is 0.398 e. The van der Waals surface area contributed by atoms with Crippen molar-refractivity contribution >= 4 is 114 Å². The van der Waals surface area contributed by atoms with E-state index in [4.69, 9.17) is 15.8 Å². The minimum atomic E-state index is -3.58. The first-order valence-corrected chi connectivity index (χ1v) is 15.3. The summed E-state index contributed by atoms with van der Waals surface area (Å²) >= 11 is 21.7. The molecule has 29 heavy (non-hydrogen) atoms. The molecule has 0 N–H and O–H groups in total. The van der Waals surface area contributed by atoms with Crippen LogP contribution in [0.4, 0.5) is 0 Å². The van der Waals surface area contributed by atoms with Gasteiger partial charge in [0.25, 0.3) is 0 Å². The summed E-state index contributed by atoms with van der Waals surface area (Å²) in [6, 6.07) is 19.4. The molecule has 148 valence electrons. The highest BCUT2D eigenvalue weighted by Crippen LogP contribution is 2.68. The zero-order chi connectivity index (χ0) is 20.8. The molecule has 2 nitrogen and oxygen atoms in total. The summed E-state index contributed by atoms with van der Waals surface area (Å²) in [4.78, 5) is 0.737. The third kappa shape index (κ3) is 4.62. The lowest BCUT2D eigenvalue weighted by atomic mass is 10.1. The Morgan fingerprint density at radius 3 is 1.93 bits per heavy atom. The van der Waals surface area contributed by atoms with Gasteiger partial charge in [0, 0.05) is 29.1 Å². The summed E-state index contributed by atoms with van der Waals surface area (Å²) in [7, 11) is 0. The van der Waals surface area contributed by atoms with Crippen LogP contribution in [0.25, 0.3) is 21.5 Å². The molecule has 1 unspecified atom stereocenters. The van der Waals surface area contributed by atoms with Crippen LogP contribution >= 0.6 is 92.3 Å². The van der Waals surface area contributed by atoms with Crippen molar-refractivity contribution in [2.75, 3.05) is 0 Å². The molecule has 0 aliphatic heterocycles. The van der Waals surface area contributed by atoms with Crippen LogP contribution in [0.1, 0.15) is 0 Å². The highest BCUT2D eigenvalue weighted by molar-refractivity contribution is 9.11. The number of hydrogen-bond acceptors (Lipinski definition) is 3. The molecule has 0 amide bonds. The van der Waals surface area contributed by atoms with E-state index in [2.05, 4.69) is 63.7 Å². The van der Waals surface area contributed by atoms with Gasteiger partial charge in [-0.15, -0.1) is 0 Å². The molecule has 4 aromatic rings. The molecule has 4 aromatic carbocycles. The van der Waals surface area contributed by atoms with Gasteiger partial charge in [0.1, 0.15) is 5.75 Å². The Morgan fingerprint density at radius 1 is 0.759 bits per heavy atom. The maximum Gasteiger partial charge on any atom is 0.398 e. The Bertz CT molecular complexity index is 1220. The van der Waals surface area contributed by atoms with E-state index in [0.717, 1.165) is 51.2 Å². The number of rotatable bonds is 4.